The van der Waals surface area contributed by atoms with Gasteiger partial charge in [0, 0.05) is 0 Å². The minimum atomic E-state index is 0.750. The van der Waals surface area contributed by atoms with Crippen molar-refractivity contribution in [3.05, 3.63) is 48.5 Å². The molecule has 2 aromatic rings. The summed E-state index contributed by atoms with van der Waals surface area (Å²) in [6.45, 7) is 0. The fourth-order valence-corrected chi connectivity index (χ4v) is 1.13. The maximum Gasteiger partial charge on any atom is 0.283 e. The topological polar surface area (TPSA) is 44.0 Å². The van der Waals surface area contributed by atoms with Crippen molar-refractivity contribution in [3.8, 4) is 6.26 Å². The largest absolute Gasteiger partial charge is 0.443 e. The molecule has 0 amide bonds. The van der Waals surface area contributed by atoms with E-state index in [2.05, 4.69) is 48.5 Å². The van der Waals surface area contributed by atoms with E-state index in [-0.39, 0.29) is 0 Å². The zero-order chi connectivity index (χ0) is 9.52. The molecule has 0 aliphatic rings. The standard InChI is InChI=1S/C10H8.CHNO/c1-2-6-10-8-4-3-7-9(10)5-1;2-1-3/h1-8H;3H. The van der Waals surface area contributed by atoms with Crippen molar-refractivity contribution >= 4 is 10.8 Å². The van der Waals surface area contributed by atoms with E-state index in [1.165, 1.54) is 10.8 Å². The Balaban J connectivity index is 0.000000251. The third-order valence-corrected chi connectivity index (χ3v) is 1.66. The highest BCUT2D eigenvalue weighted by atomic mass is 16.2. The van der Waals surface area contributed by atoms with Gasteiger partial charge in [-0.25, -0.2) is 0 Å². The van der Waals surface area contributed by atoms with Gasteiger partial charge in [-0.15, -0.1) is 0 Å². The average Bonchev–Trinajstić information content (AvgIpc) is 2.19. The summed E-state index contributed by atoms with van der Waals surface area (Å²) in [5.41, 5.74) is 0. The maximum atomic E-state index is 6.88. The van der Waals surface area contributed by atoms with E-state index in [1.807, 2.05) is 0 Å². The lowest BCUT2D eigenvalue weighted by atomic mass is 10.1. The van der Waals surface area contributed by atoms with E-state index >= 15 is 0 Å². The zero-order valence-electron chi connectivity index (χ0n) is 7.01. The van der Waals surface area contributed by atoms with E-state index in [1.54, 1.807) is 0 Å². The Morgan fingerprint density at radius 1 is 0.846 bits per heavy atom. The van der Waals surface area contributed by atoms with Crippen LogP contribution in [0.2, 0.25) is 0 Å². The number of benzene rings is 2. The summed E-state index contributed by atoms with van der Waals surface area (Å²) in [4.78, 5) is 0. The molecular formula is C11H9NO. The molecule has 0 radical (unpaired) electrons. The van der Waals surface area contributed by atoms with Crippen LogP contribution in [-0.4, -0.2) is 5.11 Å². The van der Waals surface area contributed by atoms with Gasteiger partial charge in [-0.2, -0.15) is 5.26 Å². The number of nitrogens with zero attached hydrogens (tertiary/aromatic N) is 1. The Bertz CT molecular complexity index is 352. The highest BCUT2D eigenvalue weighted by molar-refractivity contribution is 5.81. The third kappa shape index (κ3) is 2.49. The maximum absolute atomic E-state index is 6.88. The van der Waals surface area contributed by atoms with Gasteiger partial charge in [0.1, 0.15) is 0 Å². The van der Waals surface area contributed by atoms with Crippen LogP contribution in [0.3, 0.4) is 0 Å². The molecule has 2 heteroatoms. The predicted octanol–water partition coefficient (Wildman–Crippen LogP) is 2.68. The number of aliphatic hydroxyl groups is 1. The molecule has 13 heavy (non-hydrogen) atoms. The second-order valence-corrected chi connectivity index (χ2v) is 2.45. The van der Waals surface area contributed by atoms with Crippen LogP contribution < -0.4 is 0 Å². The van der Waals surface area contributed by atoms with Crippen LogP contribution in [0, 0.1) is 11.5 Å². The number of fused-ring (bicyclic) bond motifs is 1. The minimum Gasteiger partial charge on any atom is -0.443 e. The van der Waals surface area contributed by atoms with E-state index < -0.39 is 0 Å². The molecule has 0 saturated heterocycles. The smallest absolute Gasteiger partial charge is 0.283 e. The first-order valence-electron chi connectivity index (χ1n) is 3.85. The number of aliphatic hydroxyl groups excluding tert-OH is 1. The quantitative estimate of drug-likeness (QED) is 0.619. The molecular weight excluding hydrogens is 162 g/mol. The SMILES string of the molecule is N#CO.c1ccc2ccccc2c1. The lowest BCUT2D eigenvalue weighted by molar-refractivity contribution is 0.503. The van der Waals surface area contributed by atoms with Crippen LogP contribution in [0.25, 0.3) is 10.8 Å². The average molecular weight is 171 g/mol. The van der Waals surface area contributed by atoms with Crippen molar-refractivity contribution < 1.29 is 5.11 Å². The van der Waals surface area contributed by atoms with Crippen LogP contribution in [0.4, 0.5) is 0 Å². The molecule has 0 heterocycles. The number of hydrogen-bond acceptors (Lipinski definition) is 2. The first-order chi connectivity index (χ1) is 6.38. The van der Waals surface area contributed by atoms with Gasteiger partial charge < -0.3 is 5.11 Å². The van der Waals surface area contributed by atoms with Crippen molar-refractivity contribution in [3.63, 3.8) is 0 Å². The molecule has 0 spiro atoms. The second kappa shape index (κ2) is 4.78. The van der Waals surface area contributed by atoms with Gasteiger partial charge in [0.15, 0.2) is 0 Å². The van der Waals surface area contributed by atoms with Crippen molar-refractivity contribution in [2.24, 2.45) is 0 Å². The molecule has 0 fully saturated rings. The molecule has 2 nitrogen and oxygen atoms in total. The molecule has 2 aromatic carbocycles. The van der Waals surface area contributed by atoms with Gasteiger partial charge in [0.05, 0.1) is 0 Å². The Labute approximate surface area is 76.7 Å². The van der Waals surface area contributed by atoms with Crippen molar-refractivity contribution in [2.75, 3.05) is 0 Å². The second-order valence-electron chi connectivity index (χ2n) is 2.45. The van der Waals surface area contributed by atoms with Crippen LogP contribution in [-0.2, 0) is 0 Å². The molecule has 0 saturated carbocycles. The summed E-state index contributed by atoms with van der Waals surface area (Å²) < 4.78 is 0. The highest BCUT2D eigenvalue weighted by Gasteiger charge is 1.85. The van der Waals surface area contributed by atoms with E-state index in [0.717, 1.165) is 6.26 Å². The molecule has 0 unspecified atom stereocenters. The summed E-state index contributed by atoms with van der Waals surface area (Å²) in [7, 11) is 0. The predicted molar refractivity (Wildman–Crippen MR) is 51.5 cm³/mol. The number of nitriles is 1. The Kier molecular flexibility index (Phi) is 3.34. The molecule has 64 valence electrons. The first kappa shape index (κ1) is 9.08. The zero-order valence-corrected chi connectivity index (χ0v) is 7.01. The third-order valence-electron chi connectivity index (χ3n) is 1.66. The van der Waals surface area contributed by atoms with Crippen LogP contribution in [0.1, 0.15) is 0 Å². The van der Waals surface area contributed by atoms with Gasteiger partial charge in [-0.1, -0.05) is 48.5 Å². The summed E-state index contributed by atoms with van der Waals surface area (Å²) in [6, 6.07) is 16.7. The molecule has 0 bridgehead atoms. The number of rotatable bonds is 0. The van der Waals surface area contributed by atoms with Crippen LogP contribution in [0.15, 0.2) is 48.5 Å². The minimum absolute atomic E-state index is 0.750. The fourth-order valence-electron chi connectivity index (χ4n) is 1.13. The molecule has 1 N–H and O–H groups in total. The number of hydrogen-bond donors (Lipinski definition) is 1. The first-order valence-corrected chi connectivity index (χ1v) is 3.85. The van der Waals surface area contributed by atoms with Gasteiger partial charge in [-0.05, 0) is 10.8 Å². The van der Waals surface area contributed by atoms with Crippen LogP contribution in [0.5, 0.6) is 0 Å². The van der Waals surface area contributed by atoms with E-state index in [4.69, 9.17) is 10.4 Å². The van der Waals surface area contributed by atoms with Crippen molar-refractivity contribution in [2.45, 2.75) is 0 Å². The molecule has 0 atom stereocenters. The van der Waals surface area contributed by atoms with E-state index in [9.17, 15) is 0 Å². The molecule has 2 rings (SSSR count). The summed E-state index contributed by atoms with van der Waals surface area (Å²) in [6.07, 6.45) is 0.750. The van der Waals surface area contributed by atoms with E-state index in [0.29, 0.717) is 0 Å². The van der Waals surface area contributed by atoms with Gasteiger partial charge >= 0.3 is 0 Å². The monoisotopic (exact) mass is 171 g/mol. The van der Waals surface area contributed by atoms with Crippen LogP contribution >= 0.6 is 0 Å². The summed E-state index contributed by atoms with van der Waals surface area (Å²) >= 11 is 0. The summed E-state index contributed by atoms with van der Waals surface area (Å²) in [5.74, 6) is 0. The highest BCUT2D eigenvalue weighted by Crippen LogP contribution is 2.11. The van der Waals surface area contributed by atoms with Gasteiger partial charge in [0.25, 0.3) is 6.26 Å². The molecule has 0 aliphatic heterocycles. The Morgan fingerprint density at radius 3 is 1.31 bits per heavy atom. The van der Waals surface area contributed by atoms with Crippen molar-refractivity contribution in [1.82, 2.24) is 0 Å². The lowest BCUT2D eigenvalue weighted by Gasteiger charge is -1.92. The van der Waals surface area contributed by atoms with Crippen molar-refractivity contribution in [1.29, 1.82) is 5.26 Å². The Hall–Kier alpha value is -2.01. The van der Waals surface area contributed by atoms with Gasteiger partial charge in [0.2, 0.25) is 0 Å². The molecule has 0 aliphatic carbocycles. The normalized spacial score (nSPS) is 8.23. The van der Waals surface area contributed by atoms with Gasteiger partial charge in [-0.3, -0.25) is 0 Å². The summed E-state index contributed by atoms with van der Waals surface area (Å²) in [5, 5.41) is 16.4. The molecule has 0 aromatic heterocycles. The Morgan fingerprint density at radius 2 is 1.08 bits per heavy atom. The lowest BCUT2D eigenvalue weighted by Crippen LogP contribution is -1.67. The fraction of sp³-hybridized carbons (Fsp3) is 0.